The van der Waals surface area contributed by atoms with Crippen LogP contribution in [0.15, 0.2) is 24.3 Å². The van der Waals surface area contributed by atoms with Gasteiger partial charge in [0.15, 0.2) is 0 Å². The molecule has 1 aliphatic rings. The molecule has 1 aromatic carbocycles. The number of rotatable bonds is 5. The molecular weight excluding hydrogens is 238 g/mol. The van der Waals surface area contributed by atoms with Crippen molar-refractivity contribution in [3.05, 3.63) is 29.8 Å². The third-order valence-corrected chi connectivity index (χ3v) is 3.53. The van der Waals surface area contributed by atoms with Crippen LogP contribution in [0.3, 0.4) is 0 Å². The molecule has 0 aromatic heterocycles. The Balaban J connectivity index is 1.85. The molecule has 1 aromatic rings. The Hall–Kier alpha value is -1.55. The second-order valence-corrected chi connectivity index (χ2v) is 5.41. The van der Waals surface area contributed by atoms with Gasteiger partial charge in [-0.05, 0) is 31.9 Å². The highest BCUT2D eigenvalue weighted by molar-refractivity contribution is 5.76. The molecule has 1 heterocycles. The number of hydrogen-bond acceptors (Lipinski definition) is 3. The second kappa shape index (κ2) is 6.06. The number of carbonyl (C=O) groups excluding carboxylic acids is 1. The van der Waals surface area contributed by atoms with Crippen LogP contribution in [0.2, 0.25) is 0 Å². The highest BCUT2D eigenvalue weighted by Gasteiger charge is 2.24. The molecule has 3 N–H and O–H groups in total. The zero-order chi connectivity index (χ0) is 13.8. The van der Waals surface area contributed by atoms with E-state index in [1.54, 1.807) is 0 Å². The fourth-order valence-electron chi connectivity index (χ4n) is 2.65. The molecule has 2 atom stereocenters. The van der Waals surface area contributed by atoms with Crippen molar-refractivity contribution in [3.8, 4) is 0 Å². The van der Waals surface area contributed by atoms with Crippen LogP contribution in [0, 0.1) is 0 Å². The molecule has 4 nitrogen and oxygen atoms in total. The number of anilines is 1. The van der Waals surface area contributed by atoms with E-state index in [1.165, 1.54) is 11.3 Å². The molecule has 0 bridgehead atoms. The molecular formula is C15H23N3O. The molecule has 19 heavy (non-hydrogen) atoms. The normalized spacial score (nSPS) is 19.1. The highest BCUT2D eigenvalue weighted by Crippen LogP contribution is 2.30. The van der Waals surface area contributed by atoms with Crippen molar-refractivity contribution < 1.29 is 4.79 Å². The first-order chi connectivity index (χ1) is 9.08. The lowest BCUT2D eigenvalue weighted by atomic mass is 10.1. The summed E-state index contributed by atoms with van der Waals surface area (Å²) in [5, 5.41) is 2.93. The predicted molar refractivity (Wildman–Crippen MR) is 78.2 cm³/mol. The van der Waals surface area contributed by atoms with Crippen LogP contribution in [0.4, 0.5) is 5.69 Å². The lowest BCUT2D eigenvalue weighted by molar-refractivity contribution is -0.121. The van der Waals surface area contributed by atoms with Gasteiger partial charge in [-0.2, -0.15) is 0 Å². The quantitative estimate of drug-likeness (QED) is 0.839. The van der Waals surface area contributed by atoms with Gasteiger partial charge >= 0.3 is 0 Å². The summed E-state index contributed by atoms with van der Waals surface area (Å²) in [6.45, 7) is 5.59. The standard InChI is InChI=1S/C15H23N3O/c1-11(16)9-15(19)17-7-8-18-12(2)10-13-5-3-4-6-14(13)18/h3-6,11-12H,7-10,16H2,1-2H3,(H,17,19). The fourth-order valence-corrected chi connectivity index (χ4v) is 2.65. The Morgan fingerprint density at radius 1 is 1.53 bits per heavy atom. The Labute approximate surface area is 115 Å². The minimum atomic E-state index is -0.0774. The van der Waals surface area contributed by atoms with Gasteiger partial charge in [-0.15, -0.1) is 0 Å². The smallest absolute Gasteiger partial charge is 0.221 e. The van der Waals surface area contributed by atoms with Gasteiger partial charge in [-0.25, -0.2) is 0 Å². The van der Waals surface area contributed by atoms with E-state index in [4.69, 9.17) is 5.73 Å². The van der Waals surface area contributed by atoms with Gasteiger partial charge < -0.3 is 16.0 Å². The number of carbonyl (C=O) groups is 1. The second-order valence-electron chi connectivity index (χ2n) is 5.41. The van der Waals surface area contributed by atoms with Gasteiger partial charge in [0.05, 0.1) is 0 Å². The van der Waals surface area contributed by atoms with Gasteiger partial charge in [-0.3, -0.25) is 4.79 Å². The minimum Gasteiger partial charge on any atom is -0.367 e. The number of nitrogens with zero attached hydrogens (tertiary/aromatic N) is 1. The topological polar surface area (TPSA) is 58.4 Å². The molecule has 0 saturated carbocycles. The zero-order valence-corrected chi connectivity index (χ0v) is 11.7. The van der Waals surface area contributed by atoms with E-state index in [1.807, 2.05) is 6.92 Å². The number of nitrogens with two attached hydrogens (primary N) is 1. The third-order valence-electron chi connectivity index (χ3n) is 3.53. The summed E-state index contributed by atoms with van der Waals surface area (Å²) in [6, 6.07) is 8.91. The van der Waals surface area contributed by atoms with Crippen LogP contribution < -0.4 is 16.0 Å². The molecule has 0 fully saturated rings. The summed E-state index contributed by atoms with van der Waals surface area (Å²) >= 11 is 0. The number of benzene rings is 1. The molecule has 4 heteroatoms. The largest absolute Gasteiger partial charge is 0.367 e. The van der Waals surface area contributed by atoms with Gasteiger partial charge in [0.25, 0.3) is 0 Å². The minimum absolute atomic E-state index is 0.0372. The molecule has 1 aliphatic heterocycles. The van der Waals surface area contributed by atoms with Gasteiger partial charge in [0, 0.05) is 37.3 Å². The Bertz CT molecular complexity index is 445. The Morgan fingerprint density at radius 3 is 3.00 bits per heavy atom. The van der Waals surface area contributed by atoms with E-state index in [-0.39, 0.29) is 11.9 Å². The van der Waals surface area contributed by atoms with E-state index in [2.05, 4.69) is 41.4 Å². The van der Waals surface area contributed by atoms with Crippen LogP contribution in [0.1, 0.15) is 25.8 Å². The van der Waals surface area contributed by atoms with E-state index < -0.39 is 0 Å². The van der Waals surface area contributed by atoms with Crippen LogP contribution in [-0.2, 0) is 11.2 Å². The van der Waals surface area contributed by atoms with Crippen molar-refractivity contribution in [3.63, 3.8) is 0 Å². The zero-order valence-electron chi connectivity index (χ0n) is 11.7. The van der Waals surface area contributed by atoms with Crippen molar-refractivity contribution in [2.75, 3.05) is 18.0 Å². The number of hydrogen-bond donors (Lipinski definition) is 2. The van der Waals surface area contributed by atoms with Gasteiger partial charge in [-0.1, -0.05) is 18.2 Å². The predicted octanol–water partition coefficient (Wildman–Crippen LogP) is 1.29. The number of nitrogens with one attached hydrogen (secondary N) is 1. The summed E-state index contributed by atoms with van der Waals surface area (Å²) in [6.07, 6.45) is 1.48. The number of amides is 1. The van der Waals surface area contributed by atoms with E-state index in [0.29, 0.717) is 19.0 Å². The molecule has 0 spiro atoms. The maximum atomic E-state index is 11.5. The average Bonchev–Trinajstić information content (AvgIpc) is 2.65. The average molecular weight is 261 g/mol. The van der Waals surface area contributed by atoms with Crippen LogP contribution in [0.25, 0.3) is 0 Å². The van der Waals surface area contributed by atoms with Gasteiger partial charge in [0.1, 0.15) is 0 Å². The van der Waals surface area contributed by atoms with Crippen molar-refractivity contribution in [2.24, 2.45) is 5.73 Å². The molecule has 2 rings (SSSR count). The summed E-state index contributed by atoms with van der Waals surface area (Å²) in [7, 11) is 0. The summed E-state index contributed by atoms with van der Waals surface area (Å²) in [5.41, 5.74) is 8.30. The van der Waals surface area contributed by atoms with Crippen molar-refractivity contribution in [2.45, 2.75) is 38.8 Å². The highest BCUT2D eigenvalue weighted by atomic mass is 16.1. The van der Waals surface area contributed by atoms with Crippen molar-refractivity contribution in [1.82, 2.24) is 5.32 Å². The number of fused-ring (bicyclic) bond motifs is 1. The first kappa shape index (κ1) is 13.9. The third kappa shape index (κ3) is 3.47. The van der Waals surface area contributed by atoms with Crippen LogP contribution in [0.5, 0.6) is 0 Å². The van der Waals surface area contributed by atoms with Crippen LogP contribution >= 0.6 is 0 Å². The Kier molecular flexibility index (Phi) is 4.43. The Morgan fingerprint density at radius 2 is 2.26 bits per heavy atom. The summed E-state index contributed by atoms with van der Waals surface area (Å²) < 4.78 is 0. The van der Waals surface area contributed by atoms with E-state index in [9.17, 15) is 4.79 Å². The molecule has 0 saturated heterocycles. The lowest BCUT2D eigenvalue weighted by Crippen LogP contribution is -2.39. The maximum Gasteiger partial charge on any atom is 0.221 e. The monoisotopic (exact) mass is 261 g/mol. The molecule has 104 valence electrons. The molecule has 0 aliphatic carbocycles. The van der Waals surface area contributed by atoms with E-state index in [0.717, 1.165) is 13.0 Å². The molecule has 1 amide bonds. The van der Waals surface area contributed by atoms with Crippen molar-refractivity contribution in [1.29, 1.82) is 0 Å². The van der Waals surface area contributed by atoms with Gasteiger partial charge in [0.2, 0.25) is 5.91 Å². The summed E-state index contributed by atoms with van der Waals surface area (Å²) in [5.74, 6) is 0.0372. The van der Waals surface area contributed by atoms with Crippen LogP contribution in [-0.4, -0.2) is 31.1 Å². The first-order valence-corrected chi connectivity index (χ1v) is 6.94. The molecule has 2 unspecified atom stereocenters. The fraction of sp³-hybridized carbons (Fsp3) is 0.533. The maximum absolute atomic E-state index is 11.5. The first-order valence-electron chi connectivity index (χ1n) is 6.94. The van der Waals surface area contributed by atoms with Crippen molar-refractivity contribution >= 4 is 11.6 Å². The lowest BCUT2D eigenvalue weighted by Gasteiger charge is -2.25. The SMILES string of the molecule is CC(N)CC(=O)NCCN1c2ccccc2CC1C. The van der Waals surface area contributed by atoms with E-state index >= 15 is 0 Å². The number of para-hydroxylation sites is 1. The summed E-state index contributed by atoms with van der Waals surface area (Å²) in [4.78, 5) is 13.9. The molecule has 0 radical (unpaired) electrons.